The van der Waals surface area contributed by atoms with Crippen LogP contribution in [0.3, 0.4) is 0 Å². The van der Waals surface area contributed by atoms with Crippen LogP contribution in [-0.2, 0) is 11.2 Å². The summed E-state index contributed by atoms with van der Waals surface area (Å²) in [5.74, 6) is 1.24. The maximum atomic E-state index is 12.6. The van der Waals surface area contributed by atoms with Gasteiger partial charge in [0.25, 0.3) is 0 Å². The molecule has 0 spiro atoms. The minimum Gasteiger partial charge on any atom is -0.493 e. The average molecular weight is 397 g/mol. The van der Waals surface area contributed by atoms with E-state index in [9.17, 15) is 4.79 Å². The Kier molecular flexibility index (Phi) is 7.05. The molecule has 2 heterocycles. The first-order valence-corrected chi connectivity index (χ1v) is 9.79. The number of rotatable bonds is 7. The van der Waals surface area contributed by atoms with Gasteiger partial charge in [-0.15, -0.1) is 0 Å². The molecule has 1 atom stereocenters. The minimum atomic E-state index is -0.102. The summed E-state index contributed by atoms with van der Waals surface area (Å²) in [6, 6.07) is 5.90. The van der Waals surface area contributed by atoms with Crippen molar-refractivity contribution in [3.8, 4) is 17.5 Å². The first kappa shape index (κ1) is 20.6. The van der Waals surface area contributed by atoms with Gasteiger partial charge in [0.15, 0.2) is 11.5 Å². The van der Waals surface area contributed by atoms with E-state index < -0.39 is 0 Å². The van der Waals surface area contributed by atoms with Gasteiger partial charge < -0.3 is 19.1 Å². The fraction of sp³-hybridized carbons (Fsp3) is 0.409. The van der Waals surface area contributed by atoms with E-state index in [1.807, 2.05) is 18.2 Å². The van der Waals surface area contributed by atoms with Crippen molar-refractivity contribution >= 4 is 12.0 Å². The van der Waals surface area contributed by atoms with E-state index in [0.29, 0.717) is 30.6 Å². The van der Waals surface area contributed by atoms with E-state index in [-0.39, 0.29) is 12.0 Å². The lowest BCUT2D eigenvalue weighted by Crippen LogP contribution is -2.43. The number of piperidine rings is 1. The minimum absolute atomic E-state index is 0.0460. The molecule has 0 bridgehead atoms. The molecule has 1 aliphatic rings. The Morgan fingerprint density at radius 2 is 1.97 bits per heavy atom. The van der Waals surface area contributed by atoms with Crippen molar-refractivity contribution in [3.63, 3.8) is 0 Å². The number of nitrogens with zero attached hydrogens (tertiary/aromatic N) is 3. The molecule has 7 heteroatoms. The molecule has 29 heavy (non-hydrogen) atoms. The van der Waals surface area contributed by atoms with Crippen LogP contribution in [-0.4, -0.2) is 54.2 Å². The number of aryl methyl sites for hydroxylation is 1. The molecule has 0 saturated carbocycles. The Labute approximate surface area is 171 Å². The molecule has 2 aromatic rings. The van der Waals surface area contributed by atoms with Gasteiger partial charge in [0, 0.05) is 25.0 Å². The van der Waals surface area contributed by atoms with Gasteiger partial charge in [-0.3, -0.25) is 4.79 Å². The van der Waals surface area contributed by atoms with Crippen molar-refractivity contribution in [2.45, 2.75) is 32.3 Å². The highest BCUT2D eigenvalue weighted by Gasteiger charge is 2.24. The Balaban J connectivity index is 1.59. The number of carbonyl (C=O) groups excluding carboxylic acids is 1. The molecule has 1 fully saturated rings. The highest BCUT2D eigenvalue weighted by atomic mass is 16.5. The van der Waals surface area contributed by atoms with Crippen LogP contribution in [0.15, 0.2) is 36.7 Å². The average Bonchev–Trinajstić information content (AvgIpc) is 2.78. The van der Waals surface area contributed by atoms with Crippen LogP contribution in [0.4, 0.5) is 0 Å². The summed E-state index contributed by atoms with van der Waals surface area (Å²) < 4.78 is 16.4. The van der Waals surface area contributed by atoms with Gasteiger partial charge in [0.05, 0.1) is 20.8 Å². The predicted octanol–water partition coefficient (Wildman–Crippen LogP) is 3.14. The zero-order valence-corrected chi connectivity index (χ0v) is 17.1. The standard InChI is InChI=1S/C22H27N3O4/c1-4-16-13-23-22(24-14-16)29-18-6-5-11-25(15-18)21(26)10-8-17-7-9-19(27-2)20(12-17)28-3/h7-10,12-14,18H,4-6,11,15H2,1-3H3/b10-8+. The van der Waals surface area contributed by atoms with Crippen LogP contribution < -0.4 is 14.2 Å². The summed E-state index contributed by atoms with van der Waals surface area (Å²) in [4.78, 5) is 22.9. The van der Waals surface area contributed by atoms with Crippen LogP contribution in [0.1, 0.15) is 30.9 Å². The summed E-state index contributed by atoms with van der Waals surface area (Å²) in [7, 11) is 3.18. The fourth-order valence-electron chi connectivity index (χ4n) is 3.20. The van der Waals surface area contributed by atoms with Crippen molar-refractivity contribution in [2.75, 3.05) is 27.3 Å². The number of ether oxygens (including phenoxy) is 3. The molecular formula is C22H27N3O4. The van der Waals surface area contributed by atoms with Crippen LogP contribution >= 0.6 is 0 Å². The van der Waals surface area contributed by atoms with Crippen molar-refractivity contribution in [1.29, 1.82) is 0 Å². The van der Waals surface area contributed by atoms with Crippen molar-refractivity contribution < 1.29 is 19.0 Å². The first-order valence-electron chi connectivity index (χ1n) is 9.79. The first-order chi connectivity index (χ1) is 14.1. The van der Waals surface area contributed by atoms with Gasteiger partial charge >= 0.3 is 6.01 Å². The number of aromatic nitrogens is 2. The number of benzene rings is 1. The van der Waals surface area contributed by atoms with Crippen LogP contribution in [0.5, 0.6) is 17.5 Å². The van der Waals surface area contributed by atoms with E-state index in [1.165, 1.54) is 0 Å². The van der Waals surface area contributed by atoms with Gasteiger partial charge in [-0.25, -0.2) is 9.97 Å². The smallest absolute Gasteiger partial charge is 0.316 e. The van der Waals surface area contributed by atoms with Crippen LogP contribution in [0.2, 0.25) is 0 Å². The highest BCUT2D eigenvalue weighted by Crippen LogP contribution is 2.28. The molecule has 0 aliphatic carbocycles. The Morgan fingerprint density at radius 3 is 2.66 bits per heavy atom. The highest BCUT2D eigenvalue weighted by molar-refractivity contribution is 5.92. The second-order valence-electron chi connectivity index (χ2n) is 6.84. The van der Waals surface area contributed by atoms with E-state index in [4.69, 9.17) is 14.2 Å². The summed E-state index contributed by atoms with van der Waals surface area (Å²) in [5, 5.41) is 0. The second-order valence-corrected chi connectivity index (χ2v) is 6.84. The van der Waals surface area contributed by atoms with Crippen molar-refractivity contribution in [2.24, 2.45) is 0 Å². The Hall–Kier alpha value is -3.09. The predicted molar refractivity (Wildman–Crippen MR) is 110 cm³/mol. The lowest BCUT2D eigenvalue weighted by atomic mass is 10.1. The number of likely N-dealkylation sites (tertiary alicyclic amines) is 1. The molecule has 1 unspecified atom stereocenters. The molecule has 154 valence electrons. The lowest BCUT2D eigenvalue weighted by Gasteiger charge is -2.31. The van der Waals surface area contributed by atoms with E-state index in [0.717, 1.165) is 30.4 Å². The number of hydrogen-bond acceptors (Lipinski definition) is 6. The molecule has 3 rings (SSSR count). The summed E-state index contributed by atoms with van der Waals surface area (Å²) in [6.45, 7) is 3.29. The third-order valence-corrected chi connectivity index (χ3v) is 4.88. The largest absolute Gasteiger partial charge is 0.493 e. The fourth-order valence-corrected chi connectivity index (χ4v) is 3.20. The van der Waals surface area contributed by atoms with E-state index >= 15 is 0 Å². The van der Waals surface area contributed by atoms with Crippen LogP contribution in [0, 0.1) is 0 Å². The third-order valence-electron chi connectivity index (χ3n) is 4.88. The second kappa shape index (κ2) is 9.91. The monoisotopic (exact) mass is 397 g/mol. The van der Waals surface area contributed by atoms with Gasteiger partial charge in [-0.2, -0.15) is 0 Å². The van der Waals surface area contributed by atoms with Crippen molar-refractivity contribution in [3.05, 3.63) is 47.8 Å². The number of amides is 1. The molecular weight excluding hydrogens is 370 g/mol. The van der Waals surface area contributed by atoms with Gasteiger partial charge in [-0.05, 0) is 48.6 Å². The van der Waals surface area contributed by atoms with E-state index in [2.05, 4.69) is 16.9 Å². The van der Waals surface area contributed by atoms with Gasteiger partial charge in [-0.1, -0.05) is 13.0 Å². The molecule has 0 radical (unpaired) electrons. The SMILES string of the molecule is CCc1cnc(OC2CCCN(C(=O)/C=C/c3ccc(OC)c(OC)c3)C2)nc1. The molecule has 1 aliphatic heterocycles. The summed E-state index contributed by atoms with van der Waals surface area (Å²) >= 11 is 0. The lowest BCUT2D eigenvalue weighted by molar-refractivity contribution is -0.128. The Bertz CT molecular complexity index is 852. The maximum Gasteiger partial charge on any atom is 0.316 e. The Morgan fingerprint density at radius 1 is 1.21 bits per heavy atom. The normalized spacial score (nSPS) is 16.7. The zero-order valence-electron chi connectivity index (χ0n) is 17.1. The summed E-state index contributed by atoms with van der Waals surface area (Å²) in [5.41, 5.74) is 1.93. The molecule has 1 saturated heterocycles. The quantitative estimate of drug-likeness (QED) is 0.669. The van der Waals surface area contributed by atoms with Gasteiger partial charge in [0.2, 0.25) is 5.91 Å². The topological polar surface area (TPSA) is 73.8 Å². The molecule has 1 aromatic carbocycles. The molecule has 1 amide bonds. The van der Waals surface area contributed by atoms with E-state index in [1.54, 1.807) is 43.7 Å². The number of carbonyl (C=O) groups is 1. The molecule has 1 aromatic heterocycles. The zero-order chi connectivity index (χ0) is 20.6. The van der Waals surface area contributed by atoms with Crippen molar-refractivity contribution in [1.82, 2.24) is 14.9 Å². The van der Waals surface area contributed by atoms with Gasteiger partial charge in [0.1, 0.15) is 6.10 Å². The maximum absolute atomic E-state index is 12.6. The molecule has 0 N–H and O–H groups in total. The number of methoxy groups -OCH3 is 2. The number of hydrogen-bond donors (Lipinski definition) is 0. The van der Waals surface area contributed by atoms with Crippen LogP contribution in [0.25, 0.3) is 6.08 Å². The molecule has 7 nitrogen and oxygen atoms in total. The summed E-state index contributed by atoms with van der Waals surface area (Å²) in [6.07, 6.45) is 9.46. The third kappa shape index (κ3) is 5.47.